The van der Waals surface area contributed by atoms with Crippen molar-refractivity contribution in [2.24, 2.45) is 52.3 Å². The quantitative estimate of drug-likeness (QED) is 0.135. The Hall–Kier alpha value is -2.54. The monoisotopic (exact) mass is 805 g/mol. The van der Waals surface area contributed by atoms with Crippen LogP contribution in [0.4, 0.5) is 0 Å². The van der Waals surface area contributed by atoms with Crippen LogP contribution in [-0.2, 0) is 43.5 Å². The molecule has 5 heteroatoms. The van der Waals surface area contributed by atoms with Gasteiger partial charge in [-0.2, -0.15) is 0 Å². The normalized spacial score (nSPS) is 37.4. The summed E-state index contributed by atoms with van der Waals surface area (Å²) >= 11 is 0. The van der Waals surface area contributed by atoms with Crippen LogP contribution in [0.5, 0.6) is 0 Å². The highest BCUT2D eigenvalue weighted by Crippen LogP contribution is 2.68. The lowest BCUT2D eigenvalue weighted by Crippen LogP contribution is -2.61. The van der Waals surface area contributed by atoms with Crippen LogP contribution in [0, 0.1) is 52.3 Å². The minimum atomic E-state index is -0.551. The van der Waals surface area contributed by atoms with Crippen LogP contribution in [0.25, 0.3) is 0 Å². The van der Waals surface area contributed by atoms with Crippen molar-refractivity contribution >= 4 is 0 Å². The lowest BCUT2D eigenvalue weighted by Gasteiger charge is -2.61. The summed E-state index contributed by atoms with van der Waals surface area (Å²) in [7, 11) is 0. The van der Waals surface area contributed by atoms with Crippen LogP contribution >= 0.6 is 0 Å². The summed E-state index contributed by atoms with van der Waals surface area (Å²) in [5.74, 6) is 5.94. The minimum Gasteiger partial charge on any atom is -0.368 e. The predicted octanol–water partition coefficient (Wildman–Crippen LogP) is 13.0. The molecule has 5 nitrogen and oxygen atoms in total. The zero-order chi connectivity index (χ0) is 41.0. The maximum absolute atomic E-state index is 7.22. The van der Waals surface area contributed by atoms with Crippen molar-refractivity contribution in [2.75, 3.05) is 0 Å². The maximum Gasteiger partial charge on any atom is 0.187 e. The van der Waals surface area contributed by atoms with E-state index in [2.05, 4.69) is 126 Å². The van der Waals surface area contributed by atoms with Gasteiger partial charge in [0.1, 0.15) is 18.3 Å². The average Bonchev–Trinajstić information content (AvgIpc) is 3.60. The molecule has 1 saturated heterocycles. The summed E-state index contributed by atoms with van der Waals surface area (Å²) in [5.41, 5.74) is 4.31. The van der Waals surface area contributed by atoms with Crippen LogP contribution in [0.15, 0.2) is 91.0 Å². The van der Waals surface area contributed by atoms with Crippen molar-refractivity contribution in [1.29, 1.82) is 0 Å². The third-order valence-corrected chi connectivity index (χ3v) is 16.7. The molecular weight excluding hydrogens is 729 g/mol. The first-order valence-corrected chi connectivity index (χ1v) is 23.9. The zero-order valence-electron chi connectivity index (χ0n) is 37.3. The summed E-state index contributed by atoms with van der Waals surface area (Å²) in [6.45, 7) is 16.3. The van der Waals surface area contributed by atoms with Crippen LogP contribution < -0.4 is 0 Å². The van der Waals surface area contributed by atoms with E-state index < -0.39 is 12.4 Å². The third-order valence-electron chi connectivity index (χ3n) is 16.7. The van der Waals surface area contributed by atoms with Gasteiger partial charge in [0.05, 0.1) is 32.0 Å². The minimum absolute atomic E-state index is 0.137. The summed E-state index contributed by atoms with van der Waals surface area (Å²) in [5, 5.41) is 0. The van der Waals surface area contributed by atoms with Gasteiger partial charge in [0.2, 0.25) is 0 Å². The molecule has 0 radical (unpaired) electrons. The van der Waals surface area contributed by atoms with E-state index in [1.54, 1.807) is 0 Å². The Kier molecular flexibility index (Phi) is 14.1. The fraction of sp³-hybridized carbons (Fsp3) is 0.667. The van der Waals surface area contributed by atoms with Gasteiger partial charge in [-0.3, -0.25) is 0 Å². The number of hydrogen-bond acceptors (Lipinski definition) is 5. The topological polar surface area (TPSA) is 46.2 Å². The van der Waals surface area contributed by atoms with Crippen LogP contribution in [0.1, 0.15) is 135 Å². The maximum atomic E-state index is 7.22. The van der Waals surface area contributed by atoms with Gasteiger partial charge in [-0.25, -0.2) is 0 Å². The van der Waals surface area contributed by atoms with E-state index in [4.69, 9.17) is 23.7 Å². The summed E-state index contributed by atoms with van der Waals surface area (Å²) < 4.78 is 34.7. The Morgan fingerprint density at radius 1 is 0.610 bits per heavy atom. The zero-order valence-corrected chi connectivity index (χ0v) is 37.3. The van der Waals surface area contributed by atoms with Crippen molar-refractivity contribution < 1.29 is 23.7 Å². The standard InChI is InChI=1S/C54H76O5/c1-37(2)17-16-18-38(3)46-27-28-47-45-26-25-43-33-44(29-31-53(43,5)48(45)30-32-54(46,47)6)59-52-51(57-36-42-23-14-9-15-24-42)50(56-35-41-21-12-8-13-22-41)49(39(4)58-52)55-34-40-19-10-7-11-20-40/h7-15,19-24,37-39,43-52H,16-18,25-36H2,1-6H3/t38-,39-,43+,44+,45+,46-,47+,48+,49-,50+,51-,52+,53+,54-/m1/s1. The van der Waals surface area contributed by atoms with E-state index in [9.17, 15) is 0 Å². The third kappa shape index (κ3) is 9.61. The van der Waals surface area contributed by atoms with E-state index in [0.29, 0.717) is 36.6 Å². The number of benzene rings is 3. The molecule has 5 aliphatic rings. The Bertz CT molecular complexity index is 1720. The lowest BCUT2D eigenvalue weighted by atomic mass is 9.44. The lowest BCUT2D eigenvalue weighted by molar-refractivity contribution is -0.332. The van der Waals surface area contributed by atoms with Crippen LogP contribution in [0.2, 0.25) is 0 Å². The van der Waals surface area contributed by atoms with E-state index in [1.165, 1.54) is 64.2 Å². The van der Waals surface area contributed by atoms with E-state index in [-0.39, 0.29) is 24.4 Å². The highest BCUT2D eigenvalue weighted by Gasteiger charge is 2.61. The molecule has 1 aliphatic heterocycles. The molecule has 1 heterocycles. The SMILES string of the molecule is CC(C)CCC[C@@H](C)[C@H]1CC[C@H]2[C@@H]3CC[C@H]4C[C@@H](O[C@@H]5O[C@H](C)[C@@H](OCc6ccccc6)[C@H](OCc6ccccc6)[C@H]5OCc5ccccc5)CC[C@]4(C)[C@H]3CC[C@]12C. The molecule has 3 aromatic carbocycles. The number of hydrogen-bond donors (Lipinski definition) is 0. The van der Waals surface area contributed by atoms with Gasteiger partial charge >= 0.3 is 0 Å². The second kappa shape index (κ2) is 19.2. The van der Waals surface area contributed by atoms with Gasteiger partial charge < -0.3 is 23.7 Å². The molecule has 0 unspecified atom stereocenters. The molecule has 0 N–H and O–H groups in total. The van der Waals surface area contributed by atoms with Crippen molar-refractivity contribution in [3.63, 3.8) is 0 Å². The average molecular weight is 805 g/mol. The van der Waals surface area contributed by atoms with Gasteiger partial charge in [-0.1, -0.05) is 145 Å². The summed E-state index contributed by atoms with van der Waals surface area (Å²) in [6, 6.07) is 31.3. The molecule has 4 aliphatic carbocycles. The van der Waals surface area contributed by atoms with Crippen LogP contribution in [-0.4, -0.2) is 36.8 Å². The van der Waals surface area contributed by atoms with Crippen molar-refractivity contribution in [3.8, 4) is 0 Å². The van der Waals surface area contributed by atoms with Crippen molar-refractivity contribution in [3.05, 3.63) is 108 Å². The molecule has 0 amide bonds. The van der Waals surface area contributed by atoms with Gasteiger partial charge in [0.15, 0.2) is 6.29 Å². The number of ether oxygens (including phenoxy) is 5. The predicted molar refractivity (Wildman–Crippen MR) is 237 cm³/mol. The van der Waals surface area contributed by atoms with E-state index >= 15 is 0 Å². The Morgan fingerprint density at radius 3 is 1.78 bits per heavy atom. The molecule has 59 heavy (non-hydrogen) atoms. The molecule has 3 aromatic rings. The first-order valence-electron chi connectivity index (χ1n) is 23.9. The van der Waals surface area contributed by atoms with Gasteiger partial charge in [-0.15, -0.1) is 0 Å². The van der Waals surface area contributed by atoms with Gasteiger partial charge in [0, 0.05) is 0 Å². The highest BCUT2D eigenvalue weighted by molar-refractivity contribution is 5.16. The Labute approximate surface area is 357 Å². The summed E-state index contributed by atoms with van der Waals surface area (Å²) in [4.78, 5) is 0. The molecule has 5 fully saturated rings. The molecular formula is C54H76O5. The molecule has 0 aromatic heterocycles. The number of fused-ring (bicyclic) bond motifs is 5. The van der Waals surface area contributed by atoms with Crippen LogP contribution in [0.3, 0.4) is 0 Å². The first kappa shape index (κ1) is 43.1. The molecule has 322 valence electrons. The molecule has 0 spiro atoms. The Morgan fingerprint density at radius 2 is 1.17 bits per heavy atom. The summed E-state index contributed by atoms with van der Waals surface area (Å²) in [6.07, 6.45) is 14.3. The first-order chi connectivity index (χ1) is 28.6. The number of rotatable bonds is 16. The van der Waals surface area contributed by atoms with Crippen molar-refractivity contribution in [2.45, 2.75) is 175 Å². The smallest absolute Gasteiger partial charge is 0.187 e. The van der Waals surface area contributed by atoms with Gasteiger partial charge in [0.25, 0.3) is 0 Å². The fourth-order valence-electron chi connectivity index (χ4n) is 13.5. The molecule has 4 saturated carbocycles. The molecule has 0 bridgehead atoms. The second-order valence-corrected chi connectivity index (χ2v) is 20.7. The molecule has 8 rings (SSSR count). The second-order valence-electron chi connectivity index (χ2n) is 20.7. The van der Waals surface area contributed by atoms with E-state index in [0.717, 1.165) is 65.0 Å². The highest BCUT2D eigenvalue weighted by atomic mass is 16.7. The molecule has 14 atom stereocenters. The van der Waals surface area contributed by atoms with Gasteiger partial charge in [-0.05, 0) is 134 Å². The van der Waals surface area contributed by atoms with E-state index in [1.807, 2.05) is 6.07 Å². The fourth-order valence-corrected chi connectivity index (χ4v) is 13.5. The van der Waals surface area contributed by atoms with Crippen molar-refractivity contribution in [1.82, 2.24) is 0 Å². The largest absolute Gasteiger partial charge is 0.368 e. The Balaban J connectivity index is 0.968.